The van der Waals surface area contributed by atoms with E-state index in [1.165, 1.54) is 12.8 Å². The van der Waals surface area contributed by atoms with Crippen molar-refractivity contribution in [3.8, 4) is 5.75 Å². The average Bonchev–Trinajstić information content (AvgIpc) is 2.78. The zero-order valence-corrected chi connectivity index (χ0v) is 16.5. The number of piperazine rings is 1. The zero-order chi connectivity index (χ0) is 20.2. The molecular formula is C22H25N3O4. The number of benzene rings is 1. The highest BCUT2D eigenvalue weighted by molar-refractivity contribution is 6.02. The van der Waals surface area contributed by atoms with Crippen LogP contribution in [0.2, 0.25) is 0 Å². The van der Waals surface area contributed by atoms with E-state index in [4.69, 9.17) is 4.74 Å². The van der Waals surface area contributed by atoms with E-state index in [0.717, 1.165) is 50.1 Å². The summed E-state index contributed by atoms with van der Waals surface area (Å²) < 4.78 is 10.0. The van der Waals surface area contributed by atoms with Crippen LogP contribution >= 0.6 is 0 Å². The van der Waals surface area contributed by atoms with Crippen molar-refractivity contribution in [2.24, 2.45) is 0 Å². The summed E-state index contributed by atoms with van der Waals surface area (Å²) in [5.74, 6) is 0.347. The van der Waals surface area contributed by atoms with Crippen LogP contribution in [0, 0.1) is 0 Å². The third-order valence-electron chi connectivity index (χ3n) is 5.70. The lowest BCUT2D eigenvalue weighted by Gasteiger charge is -2.41. The smallest absolute Gasteiger partial charge is 0.343 e. The first-order valence-electron chi connectivity index (χ1n) is 9.91. The van der Waals surface area contributed by atoms with Crippen LogP contribution in [0.25, 0.3) is 0 Å². The second kappa shape index (κ2) is 8.61. The molecular weight excluding hydrogens is 370 g/mol. The Morgan fingerprint density at radius 1 is 1.14 bits per heavy atom. The minimum absolute atomic E-state index is 0.0658. The van der Waals surface area contributed by atoms with E-state index >= 15 is 0 Å². The van der Waals surface area contributed by atoms with E-state index in [1.807, 2.05) is 36.7 Å². The van der Waals surface area contributed by atoms with Crippen LogP contribution in [0.1, 0.15) is 22.3 Å². The van der Waals surface area contributed by atoms with Crippen molar-refractivity contribution in [2.75, 3.05) is 44.8 Å². The first-order valence-corrected chi connectivity index (χ1v) is 9.91. The normalized spacial score (nSPS) is 19.6. The number of ketones is 1. The molecule has 1 aromatic carbocycles. The van der Waals surface area contributed by atoms with Gasteiger partial charge in [0.05, 0.1) is 13.2 Å². The third kappa shape index (κ3) is 4.24. The van der Waals surface area contributed by atoms with Crippen LogP contribution in [0.4, 0.5) is 5.69 Å². The third-order valence-corrected chi connectivity index (χ3v) is 5.70. The lowest BCUT2D eigenvalue weighted by molar-refractivity contribution is -0.142. The molecule has 0 radical (unpaired) electrons. The molecule has 152 valence electrons. The maximum atomic E-state index is 13.1. The molecule has 7 nitrogen and oxygen atoms in total. The number of carbonyl (C=O) groups is 2. The Morgan fingerprint density at radius 3 is 2.62 bits per heavy atom. The number of carbonyl (C=O) groups excluding carboxylic acids is 2. The van der Waals surface area contributed by atoms with Gasteiger partial charge in [-0.15, -0.1) is 0 Å². The summed E-state index contributed by atoms with van der Waals surface area (Å²) >= 11 is 0. The summed E-state index contributed by atoms with van der Waals surface area (Å²) in [5.41, 5.74) is 2.94. The molecule has 0 N–H and O–H groups in total. The van der Waals surface area contributed by atoms with E-state index in [9.17, 15) is 9.59 Å². The number of nitrogens with zero attached hydrogens (tertiary/aromatic N) is 3. The van der Waals surface area contributed by atoms with Gasteiger partial charge in [0.25, 0.3) is 0 Å². The van der Waals surface area contributed by atoms with Crippen molar-refractivity contribution < 1.29 is 19.1 Å². The van der Waals surface area contributed by atoms with Crippen LogP contribution in [-0.2, 0) is 16.0 Å². The Labute approximate surface area is 170 Å². The predicted octanol–water partition coefficient (Wildman–Crippen LogP) is 1.95. The highest BCUT2D eigenvalue weighted by Gasteiger charge is 2.33. The molecule has 1 aliphatic carbocycles. The monoisotopic (exact) mass is 395 g/mol. The lowest BCUT2D eigenvalue weighted by atomic mass is 9.86. The van der Waals surface area contributed by atoms with E-state index in [1.54, 1.807) is 6.07 Å². The van der Waals surface area contributed by atoms with E-state index in [-0.39, 0.29) is 18.4 Å². The molecule has 0 amide bonds. The Balaban J connectivity index is 1.38. The molecule has 29 heavy (non-hydrogen) atoms. The fourth-order valence-corrected chi connectivity index (χ4v) is 4.11. The number of rotatable bonds is 5. The molecule has 1 atom stereocenters. The minimum atomic E-state index is -0.426. The SMILES string of the molecule is COC(=O)COc1ccc2c(c1)CCC(N1CCN(c3ccncc3)CC1)C2=O. The molecule has 1 fully saturated rings. The molecule has 2 aromatic rings. The van der Waals surface area contributed by atoms with Crippen LogP contribution < -0.4 is 9.64 Å². The average molecular weight is 395 g/mol. The van der Waals surface area contributed by atoms with Gasteiger partial charge in [0.1, 0.15) is 5.75 Å². The van der Waals surface area contributed by atoms with Gasteiger partial charge in [-0.1, -0.05) is 0 Å². The number of aryl methyl sites for hydroxylation is 1. The number of pyridine rings is 1. The molecule has 2 aliphatic rings. The van der Waals surface area contributed by atoms with Crippen LogP contribution in [0.3, 0.4) is 0 Å². The molecule has 0 spiro atoms. The summed E-state index contributed by atoms with van der Waals surface area (Å²) in [6.45, 7) is 3.41. The molecule has 1 aromatic heterocycles. The summed E-state index contributed by atoms with van der Waals surface area (Å²) in [6.07, 6.45) is 5.26. The fraction of sp³-hybridized carbons (Fsp3) is 0.409. The number of anilines is 1. The molecule has 7 heteroatoms. The number of ether oxygens (including phenoxy) is 2. The highest BCUT2D eigenvalue weighted by atomic mass is 16.6. The van der Waals surface area contributed by atoms with Gasteiger partial charge >= 0.3 is 5.97 Å². The number of esters is 1. The first kappa shape index (κ1) is 19.4. The molecule has 0 saturated carbocycles. The van der Waals surface area contributed by atoms with Crippen molar-refractivity contribution in [1.29, 1.82) is 0 Å². The van der Waals surface area contributed by atoms with Crippen molar-refractivity contribution in [3.63, 3.8) is 0 Å². The van der Waals surface area contributed by atoms with Crippen LogP contribution in [-0.4, -0.2) is 67.6 Å². The molecule has 1 aliphatic heterocycles. The molecule has 4 rings (SSSR count). The lowest BCUT2D eigenvalue weighted by Crippen LogP contribution is -2.53. The summed E-state index contributed by atoms with van der Waals surface area (Å²) in [7, 11) is 1.33. The van der Waals surface area contributed by atoms with Gasteiger partial charge in [0.2, 0.25) is 0 Å². The van der Waals surface area contributed by atoms with Crippen molar-refractivity contribution >= 4 is 17.4 Å². The van der Waals surface area contributed by atoms with E-state index in [0.29, 0.717) is 5.75 Å². The van der Waals surface area contributed by atoms with Gasteiger partial charge in [0, 0.05) is 49.8 Å². The number of methoxy groups -OCH3 is 1. The highest BCUT2D eigenvalue weighted by Crippen LogP contribution is 2.29. The second-order valence-electron chi connectivity index (χ2n) is 7.33. The number of hydrogen-bond acceptors (Lipinski definition) is 7. The first-order chi connectivity index (χ1) is 14.2. The number of hydrogen-bond donors (Lipinski definition) is 0. The Bertz CT molecular complexity index is 879. The number of Topliss-reactive ketones (excluding diaryl/α,β-unsaturated/α-hetero) is 1. The van der Waals surface area contributed by atoms with Crippen molar-refractivity contribution in [1.82, 2.24) is 9.88 Å². The zero-order valence-electron chi connectivity index (χ0n) is 16.5. The van der Waals surface area contributed by atoms with E-state index < -0.39 is 5.97 Å². The fourth-order valence-electron chi connectivity index (χ4n) is 4.11. The second-order valence-corrected chi connectivity index (χ2v) is 7.33. The Hall–Kier alpha value is -2.93. The van der Waals surface area contributed by atoms with Gasteiger partial charge in [-0.3, -0.25) is 14.7 Å². The van der Waals surface area contributed by atoms with Crippen LogP contribution in [0.5, 0.6) is 5.75 Å². The van der Waals surface area contributed by atoms with Gasteiger partial charge in [0.15, 0.2) is 12.4 Å². The Morgan fingerprint density at radius 2 is 1.90 bits per heavy atom. The molecule has 0 bridgehead atoms. The van der Waals surface area contributed by atoms with Crippen molar-refractivity contribution in [3.05, 3.63) is 53.9 Å². The summed E-state index contributed by atoms with van der Waals surface area (Å²) in [5, 5.41) is 0. The topological polar surface area (TPSA) is 72.0 Å². The van der Waals surface area contributed by atoms with E-state index in [2.05, 4.69) is 19.5 Å². The predicted molar refractivity (Wildman–Crippen MR) is 108 cm³/mol. The number of fused-ring (bicyclic) bond motifs is 1. The maximum Gasteiger partial charge on any atom is 0.343 e. The van der Waals surface area contributed by atoms with Gasteiger partial charge in [-0.05, 0) is 48.7 Å². The summed E-state index contributed by atoms with van der Waals surface area (Å²) in [6, 6.07) is 9.43. The summed E-state index contributed by atoms with van der Waals surface area (Å²) in [4.78, 5) is 33.1. The van der Waals surface area contributed by atoms with Gasteiger partial charge in [-0.2, -0.15) is 0 Å². The van der Waals surface area contributed by atoms with Gasteiger partial charge in [-0.25, -0.2) is 4.79 Å². The Kier molecular flexibility index (Phi) is 5.76. The molecule has 1 saturated heterocycles. The maximum absolute atomic E-state index is 13.1. The standard InChI is InChI=1S/C22H25N3O4/c1-28-21(26)15-29-18-3-4-19-16(14-18)2-5-20(22(19)27)25-12-10-24(11-13-25)17-6-8-23-9-7-17/h3-4,6-9,14,20H,2,5,10-13,15H2,1H3. The number of aromatic nitrogens is 1. The van der Waals surface area contributed by atoms with Crippen molar-refractivity contribution in [2.45, 2.75) is 18.9 Å². The van der Waals surface area contributed by atoms with Crippen LogP contribution in [0.15, 0.2) is 42.7 Å². The minimum Gasteiger partial charge on any atom is -0.482 e. The molecule has 1 unspecified atom stereocenters. The largest absolute Gasteiger partial charge is 0.482 e. The molecule has 2 heterocycles. The quantitative estimate of drug-likeness (QED) is 0.717. The van der Waals surface area contributed by atoms with Gasteiger partial charge < -0.3 is 14.4 Å².